The van der Waals surface area contributed by atoms with Gasteiger partial charge < -0.3 is 19.5 Å². The zero-order valence-corrected chi connectivity index (χ0v) is 11.5. The van der Waals surface area contributed by atoms with Crippen molar-refractivity contribution in [1.29, 1.82) is 0 Å². The number of rotatable bonds is 8. The largest absolute Gasteiger partial charge is 0.478 e. The number of ether oxygens (including phenoxy) is 2. The molecule has 0 radical (unpaired) electrons. The summed E-state index contributed by atoms with van der Waals surface area (Å²) in [6, 6.07) is 3.29. The summed E-state index contributed by atoms with van der Waals surface area (Å²) >= 11 is 0. The Morgan fingerprint density at radius 2 is 1.84 bits per heavy atom. The van der Waals surface area contributed by atoms with E-state index in [2.05, 4.69) is 4.98 Å². The number of aromatic carboxylic acids is 1. The Morgan fingerprint density at radius 3 is 2.26 bits per heavy atom. The van der Waals surface area contributed by atoms with Crippen molar-refractivity contribution in [3.8, 4) is 0 Å². The van der Waals surface area contributed by atoms with E-state index in [0.29, 0.717) is 32.0 Å². The normalized spacial score (nSPS) is 10.5. The van der Waals surface area contributed by atoms with Gasteiger partial charge in [0, 0.05) is 27.3 Å². The van der Waals surface area contributed by atoms with E-state index >= 15 is 0 Å². The zero-order valence-electron chi connectivity index (χ0n) is 11.5. The molecule has 0 bridgehead atoms. The number of aryl methyl sites for hydroxylation is 1. The number of carboxylic acids is 1. The molecule has 6 nitrogen and oxygen atoms in total. The standard InChI is InChI=1S/C13H20N2O4/c1-10-11(13(16)17)4-5-12(14-10)15(6-8-18-2)7-9-19-3/h4-5H,6-9H2,1-3H3,(H,16,17). The van der Waals surface area contributed by atoms with Crippen LogP contribution in [0.25, 0.3) is 0 Å². The molecule has 0 atom stereocenters. The van der Waals surface area contributed by atoms with E-state index in [4.69, 9.17) is 14.6 Å². The summed E-state index contributed by atoms with van der Waals surface area (Å²) in [7, 11) is 3.28. The van der Waals surface area contributed by atoms with Crippen LogP contribution in [0.2, 0.25) is 0 Å². The Labute approximate surface area is 113 Å². The van der Waals surface area contributed by atoms with Crippen molar-refractivity contribution in [3.05, 3.63) is 23.4 Å². The number of hydrogen-bond acceptors (Lipinski definition) is 5. The Kier molecular flexibility index (Phi) is 6.24. The van der Waals surface area contributed by atoms with Gasteiger partial charge in [-0.05, 0) is 19.1 Å². The van der Waals surface area contributed by atoms with Gasteiger partial charge in [0.2, 0.25) is 0 Å². The second kappa shape index (κ2) is 7.70. The predicted octanol–water partition coefficient (Wildman–Crippen LogP) is 1.19. The average Bonchev–Trinajstić information content (AvgIpc) is 2.38. The molecule has 0 amide bonds. The molecule has 19 heavy (non-hydrogen) atoms. The number of anilines is 1. The molecular weight excluding hydrogens is 248 g/mol. The molecule has 1 N–H and O–H groups in total. The van der Waals surface area contributed by atoms with Crippen LogP contribution in [0.3, 0.4) is 0 Å². The first-order valence-corrected chi connectivity index (χ1v) is 6.04. The minimum atomic E-state index is -0.961. The van der Waals surface area contributed by atoms with Crippen LogP contribution in [0.15, 0.2) is 12.1 Å². The minimum absolute atomic E-state index is 0.224. The van der Waals surface area contributed by atoms with Crippen LogP contribution >= 0.6 is 0 Å². The molecule has 106 valence electrons. The van der Waals surface area contributed by atoms with Gasteiger partial charge in [-0.25, -0.2) is 9.78 Å². The number of methoxy groups -OCH3 is 2. The average molecular weight is 268 g/mol. The van der Waals surface area contributed by atoms with E-state index < -0.39 is 5.97 Å². The maximum atomic E-state index is 11.0. The Hall–Kier alpha value is -1.66. The van der Waals surface area contributed by atoms with Gasteiger partial charge in [0.05, 0.1) is 24.5 Å². The molecule has 1 rings (SSSR count). The predicted molar refractivity (Wildman–Crippen MR) is 71.9 cm³/mol. The zero-order chi connectivity index (χ0) is 14.3. The van der Waals surface area contributed by atoms with Gasteiger partial charge in [0.15, 0.2) is 0 Å². The highest BCUT2D eigenvalue weighted by atomic mass is 16.5. The van der Waals surface area contributed by atoms with E-state index in [9.17, 15) is 4.79 Å². The van der Waals surface area contributed by atoms with Crippen molar-refractivity contribution in [2.45, 2.75) is 6.92 Å². The van der Waals surface area contributed by atoms with Gasteiger partial charge in [-0.15, -0.1) is 0 Å². The van der Waals surface area contributed by atoms with E-state index in [1.54, 1.807) is 33.3 Å². The van der Waals surface area contributed by atoms with E-state index in [1.807, 2.05) is 4.90 Å². The second-order valence-corrected chi connectivity index (χ2v) is 4.08. The minimum Gasteiger partial charge on any atom is -0.478 e. The number of nitrogens with zero attached hydrogens (tertiary/aromatic N) is 2. The summed E-state index contributed by atoms with van der Waals surface area (Å²) in [5.41, 5.74) is 0.729. The summed E-state index contributed by atoms with van der Waals surface area (Å²) in [6.45, 7) is 4.20. The SMILES string of the molecule is COCCN(CCOC)c1ccc(C(=O)O)c(C)n1. The summed E-state index contributed by atoms with van der Waals surface area (Å²) in [4.78, 5) is 17.3. The van der Waals surface area contributed by atoms with Crippen molar-refractivity contribution in [2.75, 3.05) is 45.4 Å². The van der Waals surface area contributed by atoms with E-state index in [-0.39, 0.29) is 5.56 Å². The molecule has 1 aromatic rings. The Balaban J connectivity index is 2.88. The highest BCUT2D eigenvalue weighted by molar-refractivity contribution is 5.89. The van der Waals surface area contributed by atoms with Gasteiger partial charge in [-0.2, -0.15) is 0 Å². The fourth-order valence-corrected chi connectivity index (χ4v) is 1.69. The van der Waals surface area contributed by atoms with Crippen LogP contribution in [-0.4, -0.2) is 56.6 Å². The fourth-order valence-electron chi connectivity index (χ4n) is 1.69. The topological polar surface area (TPSA) is 71.9 Å². The van der Waals surface area contributed by atoms with Crippen molar-refractivity contribution in [2.24, 2.45) is 0 Å². The van der Waals surface area contributed by atoms with Crippen molar-refractivity contribution < 1.29 is 19.4 Å². The highest BCUT2D eigenvalue weighted by Gasteiger charge is 2.12. The third-order valence-electron chi connectivity index (χ3n) is 2.76. The number of carboxylic acid groups (broad SMARTS) is 1. The molecule has 0 aliphatic heterocycles. The lowest BCUT2D eigenvalue weighted by Gasteiger charge is -2.23. The molecule has 1 heterocycles. The summed E-state index contributed by atoms with van der Waals surface area (Å²) in [5, 5.41) is 8.98. The number of carbonyl (C=O) groups is 1. The number of pyridine rings is 1. The van der Waals surface area contributed by atoms with Crippen molar-refractivity contribution in [1.82, 2.24) is 4.98 Å². The van der Waals surface area contributed by atoms with Gasteiger partial charge in [0.1, 0.15) is 5.82 Å². The lowest BCUT2D eigenvalue weighted by molar-refractivity contribution is 0.0695. The van der Waals surface area contributed by atoms with Gasteiger partial charge in [-0.1, -0.05) is 0 Å². The summed E-state index contributed by atoms with van der Waals surface area (Å²) < 4.78 is 10.1. The summed E-state index contributed by atoms with van der Waals surface area (Å²) in [6.07, 6.45) is 0. The first-order valence-electron chi connectivity index (χ1n) is 6.04. The molecule has 0 saturated carbocycles. The molecule has 0 fully saturated rings. The third-order valence-corrected chi connectivity index (χ3v) is 2.76. The van der Waals surface area contributed by atoms with Crippen LogP contribution in [0.4, 0.5) is 5.82 Å². The van der Waals surface area contributed by atoms with Gasteiger partial charge in [0.25, 0.3) is 0 Å². The smallest absolute Gasteiger partial charge is 0.337 e. The monoisotopic (exact) mass is 268 g/mol. The molecule has 0 saturated heterocycles. The molecule has 0 spiro atoms. The van der Waals surface area contributed by atoms with E-state index in [0.717, 1.165) is 5.82 Å². The molecule has 0 unspecified atom stereocenters. The number of aromatic nitrogens is 1. The van der Waals surface area contributed by atoms with E-state index in [1.165, 1.54) is 0 Å². The maximum Gasteiger partial charge on any atom is 0.337 e. The van der Waals surface area contributed by atoms with Crippen LogP contribution in [0.1, 0.15) is 16.1 Å². The first-order chi connectivity index (χ1) is 9.10. The first kappa shape index (κ1) is 15.4. The molecule has 0 aromatic carbocycles. The van der Waals surface area contributed by atoms with Crippen LogP contribution < -0.4 is 4.90 Å². The lowest BCUT2D eigenvalue weighted by atomic mass is 10.2. The fraction of sp³-hybridized carbons (Fsp3) is 0.538. The summed E-state index contributed by atoms with van der Waals surface area (Å²) in [5.74, 6) is -0.228. The quantitative estimate of drug-likeness (QED) is 0.763. The molecule has 0 aliphatic rings. The van der Waals surface area contributed by atoms with Crippen LogP contribution in [0.5, 0.6) is 0 Å². The Morgan fingerprint density at radius 1 is 1.26 bits per heavy atom. The van der Waals surface area contributed by atoms with Gasteiger partial charge >= 0.3 is 5.97 Å². The lowest BCUT2D eigenvalue weighted by Crippen LogP contribution is -2.31. The van der Waals surface area contributed by atoms with Gasteiger partial charge in [-0.3, -0.25) is 0 Å². The maximum absolute atomic E-state index is 11.0. The second-order valence-electron chi connectivity index (χ2n) is 4.08. The molecule has 0 aliphatic carbocycles. The Bertz CT molecular complexity index is 415. The van der Waals surface area contributed by atoms with Crippen LogP contribution in [-0.2, 0) is 9.47 Å². The van der Waals surface area contributed by atoms with Crippen molar-refractivity contribution in [3.63, 3.8) is 0 Å². The highest BCUT2D eigenvalue weighted by Crippen LogP contribution is 2.14. The number of hydrogen-bond donors (Lipinski definition) is 1. The van der Waals surface area contributed by atoms with Crippen molar-refractivity contribution >= 4 is 11.8 Å². The van der Waals surface area contributed by atoms with Crippen LogP contribution in [0, 0.1) is 6.92 Å². The molecule has 1 aromatic heterocycles. The molecular formula is C13H20N2O4. The third kappa shape index (κ3) is 4.50. The molecule has 6 heteroatoms.